The SMILES string of the molecule is CN(C)[C@@H]1c2cc(Br)ccc2C[C@H]1O. The highest BCUT2D eigenvalue weighted by Gasteiger charge is 2.32. The highest BCUT2D eigenvalue weighted by atomic mass is 79.9. The van der Waals surface area contributed by atoms with Gasteiger partial charge in [-0.05, 0) is 37.4 Å². The van der Waals surface area contributed by atoms with Crippen molar-refractivity contribution in [2.24, 2.45) is 0 Å². The van der Waals surface area contributed by atoms with E-state index < -0.39 is 0 Å². The molecule has 76 valence electrons. The lowest BCUT2D eigenvalue weighted by Gasteiger charge is -2.23. The summed E-state index contributed by atoms with van der Waals surface area (Å²) < 4.78 is 1.08. The molecule has 1 aliphatic carbocycles. The molecule has 1 aromatic carbocycles. The van der Waals surface area contributed by atoms with Gasteiger partial charge in [0.25, 0.3) is 0 Å². The normalized spacial score (nSPS) is 25.5. The molecule has 0 saturated heterocycles. The summed E-state index contributed by atoms with van der Waals surface area (Å²) in [5, 5.41) is 9.91. The molecule has 0 radical (unpaired) electrons. The Hall–Kier alpha value is -0.380. The van der Waals surface area contributed by atoms with Crippen LogP contribution in [0.2, 0.25) is 0 Å². The molecule has 0 aromatic heterocycles. The first-order valence-corrected chi connectivity index (χ1v) is 5.51. The van der Waals surface area contributed by atoms with Gasteiger partial charge in [0.15, 0.2) is 0 Å². The number of fused-ring (bicyclic) bond motifs is 1. The minimum absolute atomic E-state index is 0.141. The Morgan fingerprint density at radius 2 is 2.14 bits per heavy atom. The fourth-order valence-electron chi connectivity index (χ4n) is 2.19. The Bertz CT molecular complexity index is 351. The molecule has 1 N–H and O–H groups in total. The van der Waals surface area contributed by atoms with E-state index in [0.29, 0.717) is 0 Å². The van der Waals surface area contributed by atoms with Crippen molar-refractivity contribution in [3.05, 3.63) is 33.8 Å². The largest absolute Gasteiger partial charge is 0.391 e. The molecule has 14 heavy (non-hydrogen) atoms. The molecule has 0 unspecified atom stereocenters. The van der Waals surface area contributed by atoms with Gasteiger partial charge in [0, 0.05) is 10.9 Å². The maximum atomic E-state index is 9.91. The van der Waals surface area contributed by atoms with Crippen LogP contribution < -0.4 is 0 Å². The maximum absolute atomic E-state index is 9.91. The average Bonchev–Trinajstić information content (AvgIpc) is 2.40. The molecular weight excluding hydrogens is 242 g/mol. The lowest BCUT2D eigenvalue weighted by atomic mass is 10.1. The number of benzene rings is 1. The molecule has 3 heteroatoms. The van der Waals surface area contributed by atoms with E-state index in [0.717, 1.165) is 10.9 Å². The van der Waals surface area contributed by atoms with Crippen LogP contribution >= 0.6 is 15.9 Å². The van der Waals surface area contributed by atoms with Crippen LogP contribution in [0, 0.1) is 0 Å². The topological polar surface area (TPSA) is 23.5 Å². The van der Waals surface area contributed by atoms with Crippen molar-refractivity contribution in [1.29, 1.82) is 0 Å². The third-order valence-corrected chi connectivity index (χ3v) is 3.27. The van der Waals surface area contributed by atoms with Crippen LogP contribution in [0.5, 0.6) is 0 Å². The van der Waals surface area contributed by atoms with Gasteiger partial charge in [-0.2, -0.15) is 0 Å². The Kier molecular flexibility index (Phi) is 2.64. The predicted octanol–water partition coefficient (Wildman–Crippen LogP) is 1.97. The number of halogens is 1. The van der Waals surface area contributed by atoms with E-state index in [1.54, 1.807) is 0 Å². The van der Waals surface area contributed by atoms with Crippen LogP contribution in [0.25, 0.3) is 0 Å². The van der Waals surface area contributed by atoms with E-state index in [1.807, 2.05) is 20.2 Å². The summed E-state index contributed by atoms with van der Waals surface area (Å²) in [6.45, 7) is 0. The van der Waals surface area contributed by atoms with Gasteiger partial charge in [0.1, 0.15) is 0 Å². The highest BCUT2D eigenvalue weighted by Crippen LogP contribution is 2.36. The van der Waals surface area contributed by atoms with Crippen LogP contribution in [0.3, 0.4) is 0 Å². The Morgan fingerprint density at radius 3 is 2.79 bits per heavy atom. The molecule has 1 aromatic rings. The molecule has 0 aliphatic heterocycles. The number of hydrogen-bond acceptors (Lipinski definition) is 2. The van der Waals surface area contributed by atoms with Crippen molar-refractivity contribution in [2.75, 3.05) is 14.1 Å². The molecular formula is C11H14BrNO. The number of likely N-dealkylation sites (N-methyl/N-ethyl adjacent to an activating group) is 1. The van der Waals surface area contributed by atoms with Crippen molar-refractivity contribution < 1.29 is 5.11 Å². The first kappa shape index (κ1) is 10.1. The fraction of sp³-hybridized carbons (Fsp3) is 0.455. The first-order valence-electron chi connectivity index (χ1n) is 4.72. The zero-order valence-electron chi connectivity index (χ0n) is 8.37. The quantitative estimate of drug-likeness (QED) is 0.830. The predicted molar refractivity (Wildman–Crippen MR) is 60.3 cm³/mol. The monoisotopic (exact) mass is 255 g/mol. The van der Waals surface area contributed by atoms with Gasteiger partial charge < -0.3 is 10.0 Å². The van der Waals surface area contributed by atoms with Gasteiger partial charge in [-0.1, -0.05) is 22.0 Å². The Morgan fingerprint density at radius 1 is 1.43 bits per heavy atom. The molecule has 1 aliphatic rings. The Labute approximate surface area is 92.7 Å². The van der Waals surface area contributed by atoms with Gasteiger partial charge in [0.2, 0.25) is 0 Å². The lowest BCUT2D eigenvalue weighted by Crippen LogP contribution is -2.27. The second-order valence-electron chi connectivity index (χ2n) is 4.02. The van der Waals surface area contributed by atoms with Gasteiger partial charge in [-0.3, -0.25) is 0 Å². The Balaban J connectivity index is 2.44. The number of aliphatic hydroxyl groups is 1. The highest BCUT2D eigenvalue weighted by molar-refractivity contribution is 9.10. The number of aliphatic hydroxyl groups excluding tert-OH is 1. The fourth-order valence-corrected chi connectivity index (χ4v) is 2.57. The second kappa shape index (κ2) is 3.65. The van der Waals surface area contributed by atoms with Crippen molar-refractivity contribution >= 4 is 15.9 Å². The third kappa shape index (κ3) is 1.60. The standard InChI is InChI=1S/C11H14BrNO/c1-13(2)11-9-6-8(12)4-3-7(9)5-10(11)14/h3-4,6,10-11,14H,5H2,1-2H3/t10-,11-/m1/s1. The molecule has 0 fully saturated rings. The van der Waals surface area contributed by atoms with Gasteiger partial charge in [0.05, 0.1) is 12.1 Å². The van der Waals surface area contributed by atoms with Crippen molar-refractivity contribution in [3.63, 3.8) is 0 Å². The lowest BCUT2D eigenvalue weighted by molar-refractivity contribution is 0.0902. The van der Waals surface area contributed by atoms with E-state index in [9.17, 15) is 5.11 Å². The van der Waals surface area contributed by atoms with Gasteiger partial charge >= 0.3 is 0 Å². The third-order valence-electron chi connectivity index (χ3n) is 2.78. The molecule has 0 spiro atoms. The molecule has 2 atom stereocenters. The summed E-state index contributed by atoms with van der Waals surface area (Å²) in [4.78, 5) is 2.07. The zero-order valence-corrected chi connectivity index (χ0v) is 9.95. The zero-order chi connectivity index (χ0) is 10.3. The molecule has 2 rings (SSSR count). The van der Waals surface area contributed by atoms with E-state index in [4.69, 9.17) is 0 Å². The molecule has 0 heterocycles. The smallest absolute Gasteiger partial charge is 0.0777 e. The van der Waals surface area contributed by atoms with E-state index in [2.05, 4.69) is 33.0 Å². The molecule has 0 bridgehead atoms. The maximum Gasteiger partial charge on any atom is 0.0777 e. The van der Waals surface area contributed by atoms with Crippen LogP contribution in [0.1, 0.15) is 17.2 Å². The second-order valence-corrected chi connectivity index (χ2v) is 4.94. The van der Waals surface area contributed by atoms with E-state index >= 15 is 0 Å². The summed E-state index contributed by atoms with van der Waals surface area (Å²) in [5.74, 6) is 0. The minimum atomic E-state index is -0.269. The number of nitrogens with zero attached hydrogens (tertiary/aromatic N) is 1. The number of hydrogen-bond donors (Lipinski definition) is 1. The van der Waals surface area contributed by atoms with E-state index in [1.165, 1.54) is 11.1 Å². The van der Waals surface area contributed by atoms with Gasteiger partial charge in [-0.25, -0.2) is 0 Å². The van der Waals surface area contributed by atoms with Crippen LogP contribution in [-0.4, -0.2) is 30.2 Å². The molecule has 0 amide bonds. The van der Waals surface area contributed by atoms with Crippen molar-refractivity contribution in [1.82, 2.24) is 4.90 Å². The van der Waals surface area contributed by atoms with E-state index in [-0.39, 0.29) is 12.1 Å². The summed E-state index contributed by atoms with van der Waals surface area (Å²) in [6.07, 6.45) is 0.500. The summed E-state index contributed by atoms with van der Waals surface area (Å²) >= 11 is 3.46. The van der Waals surface area contributed by atoms with Crippen LogP contribution in [0.15, 0.2) is 22.7 Å². The summed E-state index contributed by atoms with van der Waals surface area (Å²) in [6, 6.07) is 6.37. The average molecular weight is 256 g/mol. The summed E-state index contributed by atoms with van der Waals surface area (Å²) in [5.41, 5.74) is 2.51. The van der Waals surface area contributed by atoms with Crippen LogP contribution in [0.4, 0.5) is 0 Å². The molecule has 2 nitrogen and oxygen atoms in total. The van der Waals surface area contributed by atoms with Crippen LogP contribution in [-0.2, 0) is 6.42 Å². The van der Waals surface area contributed by atoms with Crippen molar-refractivity contribution in [3.8, 4) is 0 Å². The molecule has 0 saturated carbocycles. The van der Waals surface area contributed by atoms with Gasteiger partial charge in [-0.15, -0.1) is 0 Å². The summed E-state index contributed by atoms with van der Waals surface area (Å²) in [7, 11) is 4.01. The van der Waals surface area contributed by atoms with Crippen molar-refractivity contribution in [2.45, 2.75) is 18.6 Å². The minimum Gasteiger partial charge on any atom is -0.391 e. The number of rotatable bonds is 1. The first-order chi connectivity index (χ1) is 6.59.